The van der Waals surface area contributed by atoms with Gasteiger partial charge in [0.1, 0.15) is 0 Å². The van der Waals surface area contributed by atoms with Gasteiger partial charge in [0, 0.05) is 25.7 Å². The van der Waals surface area contributed by atoms with E-state index in [0.29, 0.717) is 12.1 Å². The minimum atomic E-state index is -1.66. The van der Waals surface area contributed by atoms with Gasteiger partial charge >= 0.3 is 0 Å². The summed E-state index contributed by atoms with van der Waals surface area (Å²) in [5, 5.41) is 3.77. The highest BCUT2D eigenvalue weighted by atomic mass is 32.1. The van der Waals surface area contributed by atoms with Crippen molar-refractivity contribution >= 4 is 35.3 Å². The van der Waals surface area contributed by atoms with Gasteiger partial charge in [-0.2, -0.15) is 27.0 Å². The highest BCUT2D eigenvalue weighted by Crippen LogP contribution is 2.38. The Morgan fingerprint density at radius 1 is 1.27 bits per heavy atom. The van der Waals surface area contributed by atoms with Gasteiger partial charge < -0.3 is 9.74 Å². The minimum absolute atomic E-state index is 0. The maximum Gasteiger partial charge on any atom is 0.192 e. The van der Waals surface area contributed by atoms with Crippen molar-refractivity contribution in [3.63, 3.8) is 0 Å². The van der Waals surface area contributed by atoms with Crippen LogP contribution in [0, 0.1) is 6.92 Å². The van der Waals surface area contributed by atoms with Crippen LogP contribution in [0.5, 0.6) is 0 Å². The third kappa shape index (κ3) is 6.88. The molecule has 0 saturated carbocycles. The number of hydrogen-bond acceptors (Lipinski definition) is 3. The van der Waals surface area contributed by atoms with Crippen LogP contribution in [0.4, 0.5) is 0 Å². The Hall–Kier alpha value is 0.0169. The third-order valence-corrected chi connectivity index (χ3v) is 10.3. The van der Waals surface area contributed by atoms with E-state index in [0.717, 1.165) is 26.1 Å². The molecule has 26 heavy (non-hydrogen) atoms. The summed E-state index contributed by atoms with van der Waals surface area (Å²) in [5.74, 6) is 0. The van der Waals surface area contributed by atoms with Crippen molar-refractivity contribution in [3.8, 4) is 0 Å². The first-order valence-electron chi connectivity index (χ1n) is 9.26. The molecule has 1 aromatic carbocycles. The number of nitrogens with zero attached hydrogens (tertiary/aromatic N) is 1. The molecule has 0 spiro atoms. The zero-order chi connectivity index (χ0) is 18.0. The molecule has 1 heterocycles. The molecular weight excluding hydrogens is 376 g/mol. The molecule has 1 saturated heterocycles. The summed E-state index contributed by atoms with van der Waals surface area (Å²) >= 11 is 0. The van der Waals surface area contributed by atoms with E-state index in [4.69, 9.17) is 4.43 Å². The van der Waals surface area contributed by atoms with Crippen LogP contribution >= 0.6 is 27.0 Å². The Kier molecular flexibility index (Phi) is 10.5. The van der Waals surface area contributed by atoms with Crippen LogP contribution in [0.15, 0.2) is 24.3 Å². The molecule has 152 valence electrons. The molecule has 1 fully saturated rings. The normalized spacial score (nSPS) is 19.6. The van der Waals surface area contributed by atoms with Crippen molar-refractivity contribution in [1.29, 1.82) is 0 Å². The van der Waals surface area contributed by atoms with Crippen LogP contribution < -0.4 is 5.32 Å². The molecule has 0 aliphatic carbocycles. The van der Waals surface area contributed by atoms with Crippen molar-refractivity contribution < 1.29 is 4.43 Å². The molecular formula is C20H40N2OS2Si. The van der Waals surface area contributed by atoms with Crippen LogP contribution in [-0.4, -0.2) is 46.0 Å². The van der Waals surface area contributed by atoms with Gasteiger partial charge in [-0.25, -0.2) is 0 Å². The van der Waals surface area contributed by atoms with Gasteiger partial charge in [0.2, 0.25) is 0 Å². The SMILES string of the molecule is CN[C@@H](CN1CC[C@H](O[Si](C)(C)C(C)(C)C)C1)c1cccc(C)c1.S.S. The molecule has 2 atom stereocenters. The standard InChI is InChI=1S/C20H36N2OSi.2H2S/c1-16-9-8-10-17(13-16)19(21-5)15-22-12-11-18(14-22)23-24(6,7)20(2,3)4;;/h8-10,13,18-19,21H,11-12,14-15H2,1-7H3;2*1H2/t18-,19-;;/m0../s1. The lowest BCUT2D eigenvalue weighted by Gasteiger charge is -2.38. The van der Waals surface area contributed by atoms with Crippen LogP contribution in [0.2, 0.25) is 18.1 Å². The second-order valence-corrected chi connectivity index (χ2v) is 13.6. The first kappa shape index (κ1) is 26.0. The number of rotatable bonds is 6. The molecule has 1 N–H and O–H groups in total. The Morgan fingerprint density at radius 3 is 2.46 bits per heavy atom. The predicted octanol–water partition coefficient (Wildman–Crippen LogP) is 4.58. The number of hydrogen-bond donors (Lipinski definition) is 1. The van der Waals surface area contributed by atoms with Crippen molar-refractivity contribution in [2.75, 3.05) is 26.7 Å². The monoisotopic (exact) mass is 416 g/mol. The van der Waals surface area contributed by atoms with E-state index in [-0.39, 0.29) is 32.0 Å². The highest BCUT2D eigenvalue weighted by Gasteiger charge is 2.40. The van der Waals surface area contributed by atoms with E-state index in [1.165, 1.54) is 11.1 Å². The second-order valence-electron chi connectivity index (χ2n) is 8.80. The fourth-order valence-corrected chi connectivity index (χ4v) is 4.54. The summed E-state index contributed by atoms with van der Waals surface area (Å²) in [6, 6.07) is 9.23. The van der Waals surface area contributed by atoms with Crippen LogP contribution in [0.3, 0.4) is 0 Å². The van der Waals surface area contributed by atoms with Crippen molar-refractivity contribution in [3.05, 3.63) is 35.4 Å². The second kappa shape index (κ2) is 10.5. The van der Waals surface area contributed by atoms with E-state index in [1.807, 2.05) is 0 Å². The fourth-order valence-electron chi connectivity index (χ4n) is 3.16. The Morgan fingerprint density at radius 2 is 1.92 bits per heavy atom. The summed E-state index contributed by atoms with van der Waals surface area (Å²) < 4.78 is 6.61. The highest BCUT2D eigenvalue weighted by molar-refractivity contribution is 7.59. The zero-order valence-electron chi connectivity index (χ0n) is 17.6. The molecule has 0 unspecified atom stereocenters. The van der Waals surface area contributed by atoms with E-state index >= 15 is 0 Å². The molecule has 3 nitrogen and oxygen atoms in total. The van der Waals surface area contributed by atoms with Gasteiger partial charge in [-0.1, -0.05) is 50.6 Å². The number of likely N-dealkylation sites (tertiary alicyclic amines) is 1. The average Bonchev–Trinajstić information content (AvgIpc) is 2.90. The van der Waals surface area contributed by atoms with Gasteiger partial charge in [-0.05, 0) is 44.1 Å². The van der Waals surface area contributed by atoms with Crippen LogP contribution in [0.1, 0.15) is 44.4 Å². The average molecular weight is 417 g/mol. The summed E-state index contributed by atoms with van der Waals surface area (Å²) in [6.07, 6.45) is 1.57. The van der Waals surface area contributed by atoms with Crippen LogP contribution in [0.25, 0.3) is 0 Å². The predicted molar refractivity (Wildman–Crippen MR) is 127 cm³/mol. The molecule has 1 aliphatic heterocycles. The molecule has 0 bridgehead atoms. The molecule has 1 aromatic rings. The van der Waals surface area contributed by atoms with E-state index < -0.39 is 8.32 Å². The zero-order valence-corrected chi connectivity index (χ0v) is 20.6. The maximum atomic E-state index is 6.61. The van der Waals surface area contributed by atoms with E-state index in [1.54, 1.807) is 0 Å². The first-order valence-corrected chi connectivity index (χ1v) is 12.2. The van der Waals surface area contributed by atoms with Crippen molar-refractivity contribution in [1.82, 2.24) is 10.2 Å². The van der Waals surface area contributed by atoms with E-state index in [9.17, 15) is 0 Å². The lowest BCUT2D eigenvalue weighted by Crippen LogP contribution is -2.44. The maximum absolute atomic E-state index is 6.61. The van der Waals surface area contributed by atoms with Crippen molar-refractivity contribution in [2.45, 2.75) is 64.4 Å². The number of likely N-dealkylation sites (N-methyl/N-ethyl adjacent to an activating group) is 1. The minimum Gasteiger partial charge on any atom is -0.413 e. The number of nitrogens with one attached hydrogen (secondary N) is 1. The fraction of sp³-hybridized carbons (Fsp3) is 0.700. The summed E-state index contributed by atoms with van der Waals surface area (Å²) in [4.78, 5) is 2.56. The molecule has 2 rings (SSSR count). The molecule has 6 heteroatoms. The smallest absolute Gasteiger partial charge is 0.192 e. The van der Waals surface area contributed by atoms with Gasteiger partial charge in [-0.15, -0.1) is 0 Å². The number of aryl methyl sites for hydroxylation is 1. The largest absolute Gasteiger partial charge is 0.413 e. The molecule has 0 aromatic heterocycles. The quantitative estimate of drug-likeness (QED) is 0.687. The first-order chi connectivity index (χ1) is 11.1. The van der Waals surface area contributed by atoms with Gasteiger partial charge in [0.15, 0.2) is 8.32 Å². The Bertz CT molecular complexity index is 549. The lowest BCUT2D eigenvalue weighted by molar-refractivity contribution is 0.177. The lowest BCUT2D eigenvalue weighted by atomic mass is 10.0. The summed E-state index contributed by atoms with van der Waals surface area (Å²) in [5.41, 5.74) is 2.71. The molecule has 1 aliphatic rings. The summed E-state index contributed by atoms with van der Waals surface area (Å²) in [6.45, 7) is 17.1. The topological polar surface area (TPSA) is 24.5 Å². The van der Waals surface area contributed by atoms with Gasteiger partial charge in [0.25, 0.3) is 0 Å². The molecule has 0 amide bonds. The van der Waals surface area contributed by atoms with Gasteiger partial charge in [0.05, 0.1) is 6.10 Å². The van der Waals surface area contributed by atoms with Crippen molar-refractivity contribution in [2.24, 2.45) is 0 Å². The Balaban J connectivity index is 0.00000312. The molecule has 0 radical (unpaired) electrons. The van der Waals surface area contributed by atoms with E-state index in [2.05, 4.69) is 82.3 Å². The Labute approximate surface area is 176 Å². The van der Waals surface area contributed by atoms with Crippen LogP contribution in [-0.2, 0) is 4.43 Å². The third-order valence-electron chi connectivity index (χ3n) is 5.73. The van der Waals surface area contributed by atoms with Gasteiger partial charge in [-0.3, -0.25) is 4.90 Å². The number of benzene rings is 1. The summed E-state index contributed by atoms with van der Waals surface area (Å²) in [7, 11) is 0.401.